The van der Waals surface area contributed by atoms with E-state index < -0.39 is 0 Å². The number of carbonyl (C=O) groups is 2. The smallest absolute Gasteiger partial charge is 0.337 e. The van der Waals surface area contributed by atoms with Crippen LogP contribution < -0.4 is 4.74 Å². The van der Waals surface area contributed by atoms with Crippen molar-refractivity contribution in [3.63, 3.8) is 0 Å². The first-order chi connectivity index (χ1) is 13.7. The van der Waals surface area contributed by atoms with E-state index in [1.165, 1.54) is 7.11 Å². The average molecular weight is 372 g/mol. The van der Waals surface area contributed by atoms with E-state index in [1.807, 2.05) is 60.7 Å². The van der Waals surface area contributed by atoms with Crippen molar-refractivity contribution in [2.75, 3.05) is 13.7 Å². The Bertz CT molecular complexity index is 1020. The molecule has 0 N–H and O–H groups in total. The molecular formula is C24H20O4. The number of hydrogen-bond donors (Lipinski definition) is 0. The van der Waals surface area contributed by atoms with Crippen molar-refractivity contribution in [3.05, 3.63) is 89.5 Å². The molecular weight excluding hydrogens is 352 g/mol. The highest BCUT2D eigenvalue weighted by atomic mass is 16.5. The molecule has 140 valence electrons. The lowest BCUT2D eigenvalue weighted by atomic mass is 9.88. The normalized spacial score (nSPS) is 15.5. The summed E-state index contributed by atoms with van der Waals surface area (Å²) < 4.78 is 10.7. The zero-order valence-electron chi connectivity index (χ0n) is 15.6. The van der Waals surface area contributed by atoms with E-state index in [2.05, 4.69) is 0 Å². The zero-order chi connectivity index (χ0) is 19.5. The minimum absolute atomic E-state index is 0.111. The summed E-state index contributed by atoms with van der Waals surface area (Å²) in [5.41, 5.74) is 3.98. The third-order valence-corrected chi connectivity index (χ3v) is 5.00. The van der Waals surface area contributed by atoms with E-state index in [0.717, 1.165) is 16.7 Å². The molecule has 4 rings (SSSR count). The summed E-state index contributed by atoms with van der Waals surface area (Å²) in [5, 5.41) is 0. The number of ether oxygens (including phenoxy) is 2. The molecule has 3 aromatic rings. The largest absolute Gasteiger partial charge is 0.492 e. The van der Waals surface area contributed by atoms with Crippen LogP contribution in [0.2, 0.25) is 0 Å². The van der Waals surface area contributed by atoms with Crippen LogP contribution in [0.4, 0.5) is 0 Å². The molecule has 3 aromatic carbocycles. The second kappa shape index (κ2) is 7.69. The number of carbonyl (C=O) groups excluding carboxylic acids is 2. The van der Waals surface area contributed by atoms with Gasteiger partial charge >= 0.3 is 5.97 Å². The first-order valence-corrected chi connectivity index (χ1v) is 9.19. The first kappa shape index (κ1) is 18.0. The van der Waals surface area contributed by atoms with Crippen LogP contribution in [0, 0.1) is 5.92 Å². The van der Waals surface area contributed by atoms with Crippen LogP contribution >= 0.6 is 0 Å². The van der Waals surface area contributed by atoms with E-state index in [0.29, 0.717) is 29.9 Å². The zero-order valence-corrected chi connectivity index (χ0v) is 15.6. The Morgan fingerprint density at radius 2 is 1.79 bits per heavy atom. The van der Waals surface area contributed by atoms with Crippen molar-refractivity contribution >= 4 is 11.8 Å². The summed E-state index contributed by atoms with van der Waals surface area (Å²) in [4.78, 5) is 24.7. The standard InChI is InChI=1S/C24H20O4/c1-27-24(26)19-9-5-8-17(13-19)18-10-11-21-22(14-18)28-15-20(23(21)25)12-16-6-3-2-4-7-16/h2-11,13-14,20H,12,15H2,1H3. The van der Waals surface area contributed by atoms with Crippen LogP contribution in [0.25, 0.3) is 11.1 Å². The maximum Gasteiger partial charge on any atom is 0.337 e. The number of esters is 1. The minimum atomic E-state index is -0.380. The minimum Gasteiger partial charge on any atom is -0.492 e. The van der Waals surface area contributed by atoms with Crippen molar-refractivity contribution < 1.29 is 19.1 Å². The van der Waals surface area contributed by atoms with Gasteiger partial charge in [-0.05, 0) is 47.4 Å². The SMILES string of the molecule is COC(=O)c1cccc(-c2ccc3c(c2)OCC(Cc2ccccc2)C3=O)c1. The molecule has 1 heterocycles. The number of methoxy groups -OCH3 is 1. The predicted octanol–water partition coefficient (Wildman–Crippen LogP) is 4.57. The summed E-state index contributed by atoms with van der Waals surface area (Å²) in [7, 11) is 1.36. The number of rotatable bonds is 4. The molecule has 0 saturated heterocycles. The maximum atomic E-state index is 12.9. The monoisotopic (exact) mass is 372 g/mol. The number of benzene rings is 3. The predicted molar refractivity (Wildman–Crippen MR) is 107 cm³/mol. The molecule has 0 saturated carbocycles. The molecule has 1 atom stereocenters. The molecule has 0 aliphatic carbocycles. The third kappa shape index (κ3) is 3.54. The molecule has 1 aliphatic rings. The van der Waals surface area contributed by atoms with Gasteiger partial charge in [-0.3, -0.25) is 4.79 Å². The van der Waals surface area contributed by atoms with Gasteiger partial charge in [0.1, 0.15) is 5.75 Å². The lowest BCUT2D eigenvalue weighted by molar-refractivity contribution is 0.0600. The van der Waals surface area contributed by atoms with Crippen LogP contribution in [0.5, 0.6) is 5.75 Å². The van der Waals surface area contributed by atoms with Crippen molar-refractivity contribution in [1.82, 2.24) is 0 Å². The number of hydrogen-bond acceptors (Lipinski definition) is 4. The van der Waals surface area contributed by atoms with Gasteiger partial charge in [0.15, 0.2) is 5.78 Å². The first-order valence-electron chi connectivity index (χ1n) is 9.19. The van der Waals surface area contributed by atoms with Gasteiger partial charge in [0.2, 0.25) is 0 Å². The fraction of sp³-hybridized carbons (Fsp3) is 0.167. The van der Waals surface area contributed by atoms with E-state index in [9.17, 15) is 9.59 Å². The molecule has 0 spiro atoms. The Hall–Kier alpha value is -3.40. The topological polar surface area (TPSA) is 52.6 Å². The van der Waals surface area contributed by atoms with E-state index >= 15 is 0 Å². The molecule has 28 heavy (non-hydrogen) atoms. The van der Waals surface area contributed by atoms with Crippen LogP contribution in [-0.2, 0) is 11.2 Å². The van der Waals surface area contributed by atoms with Crippen molar-refractivity contribution in [1.29, 1.82) is 0 Å². The van der Waals surface area contributed by atoms with Gasteiger partial charge in [0.05, 0.1) is 30.8 Å². The average Bonchev–Trinajstić information content (AvgIpc) is 2.76. The van der Waals surface area contributed by atoms with Gasteiger partial charge < -0.3 is 9.47 Å². The molecule has 0 fully saturated rings. The lowest BCUT2D eigenvalue weighted by Crippen LogP contribution is -2.29. The highest BCUT2D eigenvalue weighted by Crippen LogP contribution is 2.33. The van der Waals surface area contributed by atoms with Crippen molar-refractivity contribution in [3.8, 4) is 16.9 Å². The molecule has 0 aromatic heterocycles. The van der Waals surface area contributed by atoms with Gasteiger partial charge in [-0.1, -0.05) is 48.5 Å². The van der Waals surface area contributed by atoms with Crippen molar-refractivity contribution in [2.24, 2.45) is 5.92 Å². The lowest BCUT2D eigenvalue weighted by Gasteiger charge is -2.24. The Morgan fingerprint density at radius 1 is 1.00 bits per heavy atom. The molecule has 0 radical (unpaired) electrons. The molecule has 0 bridgehead atoms. The van der Waals surface area contributed by atoms with Gasteiger partial charge in [-0.25, -0.2) is 4.79 Å². The molecule has 4 nitrogen and oxygen atoms in total. The van der Waals surface area contributed by atoms with E-state index in [1.54, 1.807) is 12.1 Å². The Labute approximate surface area is 163 Å². The summed E-state index contributed by atoms with van der Waals surface area (Å²) >= 11 is 0. The van der Waals surface area contributed by atoms with Crippen molar-refractivity contribution in [2.45, 2.75) is 6.42 Å². The van der Waals surface area contributed by atoms with Gasteiger partial charge in [0, 0.05) is 0 Å². The van der Waals surface area contributed by atoms with E-state index in [4.69, 9.17) is 9.47 Å². The highest BCUT2D eigenvalue weighted by molar-refractivity contribution is 6.02. The molecule has 0 amide bonds. The van der Waals surface area contributed by atoms with Crippen LogP contribution in [-0.4, -0.2) is 25.5 Å². The summed E-state index contributed by atoms with van der Waals surface area (Å²) in [6.07, 6.45) is 0.669. The van der Waals surface area contributed by atoms with E-state index in [-0.39, 0.29) is 17.7 Å². The Balaban J connectivity index is 1.59. The third-order valence-electron chi connectivity index (χ3n) is 5.00. The maximum absolute atomic E-state index is 12.9. The van der Waals surface area contributed by atoms with Crippen LogP contribution in [0.3, 0.4) is 0 Å². The van der Waals surface area contributed by atoms with Gasteiger partial charge in [-0.15, -0.1) is 0 Å². The highest BCUT2D eigenvalue weighted by Gasteiger charge is 2.29. The fourth-order valence-electron chi connectivity index (χ4n) is 3.50. The summed E-state index contributed by atoms with van der Waals surface area (Å²) in [6.45, 7) is 0.367. The quantitative estimate of drug-likeness (QED) is 0.630. The number of fused-ring (bicyclic) bond motifs is 1. The molecule has 1 aliphatic heterocycles. The van der Waals surface area contributed by atoms with Crippen LogP contribution in [0.15, 0.2) is 72.8 Å². The van der Waals surface area contributed by atoms with Gasteiger partial charge in [-0.2, -0.15) is 0 Å². The number of Topliss-reactive ketones (excluding diaryl/α,β-unsaturated/α-hetero) is 1. The summed E-state index contributed by atoms with van der Waals surface area (Å²) in [6, 6.07) is 22.8. The second-order valence-electron chi connectivity index (χ2n) is 6.85. The molecule has 1 unspecified atom stereocenters. The number of ketones is 1. The summed E-state index contributed by atoms with van der Waals surface area (Å²) in [5.74, 6) is 0.147. The Kier molecular flexibility index (Phi) is 4.94. The molecule has 4 heteroatoms. The fourth-order valence-corrected chi connectivity index (χ4v) is 3.50. The van der Waals surface area contributed by atoms with Crippen LogP contribution in [0.1, 0.15) is 26.3 Å². The second-order valence-corrected chi connectivity index (χ2v) is 6.85. The van der Waals surface area contributed by atoms with Gasteiger partial charge in [0.25, 0.3) is 0 Å². The Morgan fingerprint density at radius 3 is 2.57 bits per heavy atom.